The van der Waals surface area contributed by atoms with Crippen molar-refractivity contribution in [2.24, 2.45) is 5.92 Å². The number of nitriles is 1. The molecule has 20 heavy (non-hydrogen) atoms. The molecule has 0 radical (unpaired) electrons. The Morgan fingerprint density at radius 1 is 1.45 bits per heavy atom. The molecule has 0 saturated carbocycles. The van der Waals surface area contributed by atoms with Gasteiger partial charge in [-0.1, -0.05) is 25.1 Å². The molecule has 2 heterocycles. The summed E-state index contributed by atoms with van der Waals surface area (Å²) in [6.07, 6.45) is 8.42. The average Bonchev–Trinajstić information content (AvgIpc) is 2.49. The fraction of sp³-hybridized carbons (Fsp3) is 0.667. The Morgan fingerprint density at radius 3 is 2.95 bits per heavy atom. The van der Waals surface area contributed by atoms with E-state index in [1.54, 1.807) is 11.8 Å². The zero-order valence-corrected chi connectivity index (χ0v) is 12.9. The molecule has 1 atom stereocenters. The van der Waals surface area contributed by atoms with E-state index in [0.717, 1.165) is 48.9 Å². The zero-order chi connectivity index (χ0) is 14.2. The second kappa shape index (κ2) is 8.23. The predicted octanol–water partition coefficient (Wildman–Crippen LogP) is 3.10. The second-order valence-electron chi connectivity index (χ2n) is 5.28. The van der Waals surface area contributed by atoms with Crippen LogP contribution in [0.1, 0.15) is 38.2 Å². The maximum Gasteiger partial charge on any atom is 0.187 e. The number of piperidine rings is 1. The molecule has 0 unspecified atom stereocenters. The maximum atomic E-state index is 9.01. The van der Waals surface area contributed by atoms with Gasteiger partial charge in [0.15, 0.2) is 5.16 Å². The quantitative estimate of drug-likeness (QED) is 0.458. The van der Waals surface area contributed by atoms with Gasteiger partial charge in [0.2, 0.25) is 0 Å². The third-order valence-corrected chi connectivity index (χ3v) is 4.47. The molecule has 1 aliphatic heterocycles. The van der Waals surface area contributed by atoms with Gasteiger partial charge in [-0.15, -0.1) is 0 Å². The molecule has 1 fully saturated rings. The third kappa shape index (κ3) is 4.77. The highest BCUT2D eigenvalue weighted by molar-refractivity contribution is 7.99. The van der Waals surface area contributed by atoms with Crippen molar-refractivity contribution in [1.82, 2.24) is 14.9 Å². The van der Waals surface area contributed by atoms with Crippen LogP contribution in [0.4, 0.5) is 0 Å². The first-order valence-electron chi connectivity index (χ1n) is 7.37. The number of hydrogen-bond donors (Lipinski definition) is 0. The van der Waals surface area contributed by atoms with Crippen molar-refractivity contribution < 1.29 is 0 Å². The molecule has 108 valence electrons. The minimum atomic E-state index is 0.188. The summed E-state index contributed by atoms with van der Waals surface area (Å²) in [5, 5.41) is 9.88. The van der Waals surface area contributed by atoms with Crippen LogP contribution in [-0.2, 0) is 6.54 Å². The molecule has 4 nitrogen and oxygen atoms in total. The Bertz CT molecular complexity index is 440. The first-order valence-corrected chi connectivity index (χ1v) is 8.36. The fourth-order valence-corrected chi connectivity index (χ4v) is 3.24. The first-order chi connectivity index (χ1) is 9.81. The van der Waals surface area contributed by atoms with Crippen LogP contribution < -0.4 is 0 Å². The Morgan fingerprint density at radius 2 is 2.25 bits per heavy atom. The van der Waals surface area contributed by atoms with Crippen LogP contribution in [-0.4, -0.2) is 33.7 Å². The molecule has 0 aliphatic carbocycles. The molecule has 0 spiro atoms. The molecule has 1 aromatic heterocycles. The molecule has 1 aliphatic rings. The predicted molar refractivity (Wildman–Crippen MR) is 81.3 cm³/mol. The monoisotopic (exact) mass is 290 g/mol. The second-order valence-corrected chi connectivity index (χ2v) is 6.34. The van der Waals surface area contributed by atoms with E-state index in [0.29, 0.717) is 0 Å². The van der Waals surface area contributed by atoms with Crippen molar-refractivity contribution in [3.63, 3.8) is 0 Å². The SMILES string of the molecule is CCCCSc1ncc(CN2CCC[C@@H](C#N)C2)cn1. The van der Waals surface area contributed by atoms with Crippen molar-refractivity contribution in [3.05, 3.63) is 18.0 Å². The summed E-state index contributed by atoms with van der Waals surface area (Å²) in [5.74, 6) is 1.28. The summed E-state index contributed by atoms with van der Waals surface area (Å²) in [7, 11) is 0. The van der Waals surface area contributed by atoms with Crippen LogP contribution in [0, 0.1) is 17.2 Å². The molecular formula is C15H22N4S. The summed E-state index contributed by atoms with van der Waals surface area (Å²) < 4.78 is 0. The van der Waals surface area contributed by atoms with E-state index in [-0.39, 0.29) is 5.92 Å². The lowest BCUT2D eigenvalue weighted by Crippen LogP contribution is -2.34. The Hall–Kier alpha value is -1.12. The summed E-state index contributed by atoms with van der Waals surface area (Å²) in [6.45, 7) is 5.00. The lowest BCUT2D eigenvalue weighted by molar-refractivity contribution is 0.191. The number of likely N-dealkylation sites (tertiary alicyclic amines) is 1. The van der Waals surface area contributed by atoms with E-state index in [1.807, 2.05) is 12.4 Å². The van der Waals surface area contributed by atoms with Crippen LogP contribution in [0.25, 0.3) is 0 Å². The van der Waals surface area contributed by atoms with Gasteiger partial charge in [0, 0.05) is 36.8 Å². The van der Waals surface area contributed by atoms with E-state index >= 15 is 0 Å². The number of rotatable bonds is 6. The van der Waals surface area contributed by atoms with E-state index in [1.165, 1.54) is 12.8 Å². The molecule has 0 amide bonds. The molecule has 0 bridgehead atoms. The van der Waals surface area contributed by atoms with Crippen molar-refractivity contribution in [3.8, 4) is 6.07 Å². The highest BCUT2D eigenvalue weighted by atomic mass is 32.2. The Labute approximate surface area is 125 Å². The molecule has 1 saturated heterocycles. The van der Waals surface area contributed by atoms with Crippen molar-refractivity contribution in [2.75, 3.05) is 18.8 Å². The highest BCUT2D eigenvalue weighted by Crippen LogP contribution is 2.18. The number of aromatic nitrogens is 2. The summed E-state index contributed by atoms with van der Waals surface area (Å²) in [4.78, 5) is 11.2. The summed E-state index contributed by atoms with van der Waals surface area (Å²) in [6, 6.07) is 2.38. The van der Waals surface area contributed by atoms with Gasteiger partial charge < -0.3 is 0 Å². The van der Waals surface area contributed by atoms with Crippen molar-refractivity contribution in [2.45, 2.75) is 44.3 Å². The molecular weight excluding hydrogens is 268 g/mol. The van der Waals surface area contributed by atoms with Gasteiger partial charge in [0.1, 0.15) is 0 Å². The van der Waals surface area contributed by atoms with Crippen molar-refractivity contribution >= 4 is 11.8 Å². The first kappa shape index (κ1) is 15.3. The molecule has 5 heteroatoms. The van der Waals surface area contributed by atoms with Crippen molar-refractivity contribution in [1.29, 1.82) is 5.26 Å². The average molecular weight is 290 g/mol. The van der Waals surface area contributed by atoms with Gasteiger partial charge in [-0.2, -0.15) is 5.26 Å². The number of unbranched alkanes of at least 4 members (excludes halogenated alkanes) is 1. The van der Waals surface area contributed by atoms with Crippen LogP contribution in [0.15, 0.2) is 17.6 Å². The van der Waals surface area contributed by atoms with Gasteiger partial charge in [-0.25, -0.2) is 9.97 Å². The van der Waals surface area contributed by atoms with Crippen LogP contribution in [0.2, 0.25) is 0 Å². The largest absolute Gasteiger partial charge is 0.298 e. The molecule has 0 N–H and O–H groups in total. The van der Waals surface area contributed by atoms with Gasteiger partial charge >= 0.3 is 0 Å². The lowest BCUT2D eigenvalue weighted by atomic mass is 9.99. The Balaban J connectivity index is 1.82. The van der Waals surface area contributed by atoms with Crippen LogP contribution in [0.3, 0.4) is 0 Å². The van der Waals surface area contributed by atoms with Gasteiger partial charge in [0.05, 0.1) is 12.0 Å². The third-order valence-electron chi connectivity index (χ3n) is 3.50. The Kier molecular flexibility index (Phi) is 6.28. The summed E-state index contributed by atoms with van der Waals surface area (Å²) >= 11 is 1.72. The topological polar surface area (TPSA) is 52.8 Å². The summed E-state index contributed by atoms with van der Waals surface area (Å²) in [5.41, 5.74) is 1.14. The number of thioether (sulfide) groups is 1. The maximum absolute atomic E-state index is 9.01. The zero-order valence-electron chi connectivity index (χ0n) is 12.1. The normalized spacial score (nSPS) is 19.7. The van der Waals surface area contributed by atoms with Crippen LogP contribution >= 0.6 is 11.8 Å². The molecule has 2 rings (SSSR count). The molecule has 0 aromatic carbocycles. The van der Waals surface area contributed by atoms with Crippen LogP contribution in [0.5, 0.6) is 0 Å². The van der Waals surface area contributed by atoms with E-state index in [4.69, 9.17) is 5.26 Å². The van der Waals surface area contributed by atoms with E-state index in [9.17, 15) is 0 Å². The fourth-order valence-electron chi connectivity index (χ4n) is 2.37. The highest BCUT2D eigenvalue weighted by Gasteiger charge is 2.19. The smallest absolute Gasteiger partial charge is 0.187 e. The minimum absolute atomic E-state index is 0.188. The van der Waals surface area contributed by atoms with E-state index in [2.05, 4.69) is 27.9 Å². The van der Waals surface area contributed by atoms with Gasteiger partial charge in [0.25, 0.3) is 0 Å². The number of hydrogen-bond acceptors (Lipinski definition) is 5. The van der Waals surface area contributed by atoms with Gasteiger partial charge in [-0.05, 0) is 25.8 Å². The van der Waals surface area contributed by atoms with Gasteiger partial charge in [-0.3, -0.25) is 4.90 Å². The lowest BCUT2D eigenvalue weighted by Gasteiger charge is -2.29. The molecule has 1 aromatic rings. The van der Waals surface area contributed by atoms with E-state index < -0.39 is 0 Å². The minimum Gasteiger partial charge on any atom is -0.298 e. The standard InChI is InChI=1S/C15H22N4S/c1-2-3-7-20-15-17-9-14(10-18-15)12-19-6-4-5-13(8-16)11-19/h9-10,13H,2-7,11-12H2,1H3/t13-/m0/s1. The number of nitrogens with zero attached hydrogens (tertiary/aromatic N) is 4.